The van der Waals surface area contributed by atoms with Crippen LogP contribution in [0.4, 0.5) is 5.69 Å². The number of carbonyl (C=O) groups is 1. The van der Waals surface area contributed by atoms with Crippen molar-refractivity contribution in [3.8, 4) is 0 Å². The van der Waals surface area contributed by atoms with Crippen LogP contribution in [-0.4, -0.2) is 25.7 Å². The van der Waals surface area contributed by atoms with Crippen LogP contribution in [0.15, 0.2) is 48.5 Å². The largest absolute Gasteiger partial charge is 0.379 e. The topological polar surface area (TPSA) is 73.6 Å². The fourth-order valence-electron chi connectivity index (χ4n) is 2.64. The molecule has 0 bridgehead atoms. The monoisotopic (exact) mass is 356 g/mol. The molecule has 0 saturated carbocycles. The maximum atomic E-state index is 12.4. The zero-order chi connectivity index (χ0) is 18.8. The fourth-order valence-corrected chi connectivity index (χ4v) is 2.64. The SMILES string of the molecule is CCOCCOCc1cccc(NC(=O)CC(N)c2ccccc2)c1C. The highest BCUT2D eigenvalue weighted by Crippen LogP contribution is 2.21. The van der Waals surface area contributed by atoms with E-state index >= 15 is 0 Å². The highest BCUT2D eigenvalue weighted by Gasteiger charge is 2.13. The van der Waals surface area contributed by atoms with E-state index in [1.807, 2.05) is 62.4 Å². The predicted molar refractivity (Wildman–Crippen MR) is 104 cm³/mol. The van der Waals surface area contributed by atoms with Gasteiger partial charge in [0.2, 0.25) is 5.91 Å². The molecule has 26 heavy (non-hydrogen) atoms. The van der Waals surface area contributed by atoms with Crippen molar-refractivity contribution in [3.63, 3.8) is 0 Å². The molecule has 0 saturated heterocycles. The normalized spacial score (nSPS) is 12.0. The number of rotatable bonds is 10. The number of ether oxygens (including phenoxy) is 2. The Labute approximate surface area is 155 Å². The third-order valence-corrected chi connectivity index (χ3v) is 4.19. The lowest BCUT2D eigenvalue weighted by Crippen LogP contribution is -2.21. The van der Waals surface area contributed by atoms with E-state index in [0.717, 1.165) is 22.4 Å². The molecule has 1 unspecified atom stereocenters. The van der Waals surface area contributed by atoms with Crippen LogP contribution in [-0.2, 0) is 20.9 Å². The summed E-state index contributed by atoms with van der Waals surface area (Å²) in [7, 11) is 0. The third-order valence-electron chi connectivity index (χ3n) is 4.19. The van der Waals surface area contributed by atoms with Crippen molar-refractivity contribution in [2.75, 3.05) is 25.1 Å². The number of hydrogen-bond acceptors (Lipinski definition) is 4. The summed E-state index contributed by atoms with van der Waals surface area (Å²) >= 11 is 0. The zero-order valence-electron chi connectivity index (χ0n) is 15.5. The van der Waals surface area contributed by atoms with Crippen LogP contribution in [0.2, 0.25) is 0 Å². The van der Waals surface area contributed by atoms with E-state index in [4.69, 9.17) is 15.2 Å². The Morgan fingerprint density at radius 1 is 1.08 bits per heavy atom. The maximum Gasteiger partial charge on any atom is 0.226 e. The van der Waals surface area contributed by atoms with Gasteiger partial charge in [0.05, 0.1) is 19.8 Å². The van der Waals surface area contributed by atoms with E-state index < -0.39 is 0 Å². The van der Waals surface area contributed by atoms with Gasteiger partial charge >= 0.3 is 0 Å². The highest BCUT2D eigenvalue weighted by molar-refractivity contribution is 5.92. The molecule has 0 aliphatic rings. The Hall–Kier alpha value is -2.21. The molecule has 5 heteroatoms. The Morgan fingerprint density at radius 3 is 2.54 bits per heavy atom. The Morgan fingerprint density at radius 2 is 1.81 bits per heavy atom. The van der Waals surface area contributed by atoms with Gasteiger partial charge in [-0.05, 0) is 36.6 Å². The van der Waals surface area contributed by atoms with Gasteiger partial charge in [-0.2, -0.15) is 0 Å². The number of anilines is 1. The molecular weight excluding hydrogens is 328 g/mol. The number of benzene rings is 2. The predicted octanol–water partition coefficient (Wildman–Crippen LogP) is 3.58. The quantitative estimate of drug-likeness (QED) is 0.638. The Kier molecular flexibility index (Phi) is 8.28. The van der Waals surface area contributed by atoms with Crippen molar-refractivity contribution in [2.24, 2.45) is 5.73 Å². The first-order valence-electron chi connectivity index (χ1n) is 8.96. The lowest BCUT2D eigenvalue weighted by atomic mass is 10.0. The highest BCUT2D eigenvalue weighted by atomic mass is 16.5. The molecule has 140 valence electrons. The lowest BCUT2D eigenvalue weighted by Gasteiger charge is -2.15. The smallest absolute Gasteiger partial charge is 0.226 e. The second-order valence-corrected chi connectivity index (χ2v) is 6.11. The molecule has 2 aromatic carbocycles. The molecule has 1 atom stereocenters. The number of nitrogens with one attached hydrogen (secondary N) is 1. The molecule has 2 rings (SSSR count). The van der Waals surface area contributed by atoms with Crippen LogP contribution >= 0.6 is 0 Å². The van der Waals surface area contributed by atoms with Gasteiger partial charge < -0.3 is 20.5 Å². The van der Waals surface area contributed by atoms with Crippen LogP contribution in [0, 0.1) is 6.92 Å². The second kappa shape index (κ2) is 10.7. The van der Waals surface area contributed by atoms with Gasteiger partial charge in [0.1, 0.15) is 0 Å². The standard InChI is InChI=1S/C21H28N2O3/c1-3-25-12-13-26-15-18-10-7-11-20(16(18)2)23-21(24)14-19(22)17-8-5-4-6-9-17/h4-11,19H,3,12-15,22H2,1-2H3,(H,23,24). The van der Waals surface area contributed by atoms with Crippen molar-refractivity contribution in [1.82, 2.24) is 0 Å². The van der Waals surface area contributed by atoms with Gasteiger partial charge in [-0.25, -0.2) is 0 Å². The molecule has 3 N–H and O–H groups in total. The van der Waals surface area contributed by atoms with Crippen LogP contribution in [0.5, 0.6) is 0 Å². The van der Waals surface area contributed by atoms with Gasteiger partial charge in [0, 0.05) is 24.8 Å². The number of nitrogens with two attached hydrogens (primary N) is 1. The van der Waals surface area contributed by atoms with Crippen molar-refractivity contribution in [2.45, 2.75) is 32.9 Å². The Balaban J connectivity index is 1.90. The minimum absolute atomic E-state index is 0.0983. The van der Waals surface area contributed by atoms with Crippen molar-refractivity contribution < 1.29 is 14.3 Å². The fraction of sp³-hybridized carbons (Fsp3) is 0.381. The average Bonchev–Trinajstić information content (AvgIpc) is 2.65. The van der Waals surface area contributed by atoms with E-state index in [1.165, 1.54) is 0 Å². The van der Waals surface area contributed by atoms with Crippen LogP contribution in [0.1, 0.15) is 36.1 Å². The summed E-state index contributed by atoms with van der Waals surface area (Å²) in [5.41, 5.74) is 9.93. The lowest BCUT2D eigenvalue weighted by molar-refractivity contribution is -0.116. The van der Waals surface area contributed by atoms with Gasteiger partial charge in [-0.15, -0.1) is 0 Å². The second-order valence-electron chi connectivity index (χ2n) is 6.11. The van der Waals surface area contributed by atoms with Gasteiger partial charge in [0.15, 0.2) is 0 Å². The summed E-state index contributed by atoms with van der Waals surface area (Å²) in [6.07, 6.45) is 0.235. The molecule has 0 aliphatic carbocycles. The molecule has 0 radical (unpaired) electrons. The third kappa shape index (κ3) is 6.26. The van der Waals surface area contributed by atoms with Crippen LogP contribution in [0.3, 0.4) is 0 Å². The van der Waals surface area contributed by atoms with Gasteiger partial charge in [-0.3, -0.25) is 4.79 Å². The van der Waals surface area contributed by atoms with Crippen molar-refractivity contribution in [3.05, 3.63) is 65.2 Å². The first-order chi connectivity index (χ1) is 12.6. The molecule has 0 aliphatic heterocycles. The minimum Gasteiger partial charge on any atom is -0.379 e. The summed E-state index contributed by atoms with van der Waals surface area (Å²) in [5, 5.41) is 2.96. The van der Waals surface area contributed by atoms with Gasteiger partial charge in [0.25, 0.3) is 0 Å². The first-order valence-corrected chi connectivity index (χ1v) is 8.96. The van der Waals surface area contributed by atoms with E-state index in [2.05, 4.69) is 5.32 Å². The summed E-state index contributed by atoms with van der Waals surface area (Å²) in [5.74, 6) is -0.0983. The average molecular weight is 356 g/mol. The van der Waals surface area contributed by atoms with E-state index in [0.29, 0.717) is 26.4 Å². The summed E-state index contributed by atoms with van der Waals surface area (Å²) < 4.78 is 10.9. The first kappa shape index (κ1) is 20.1. The van der Waals surface area contributed by atoms with Gasteiger partial charge in [-0.1, -0.05) is 42.5 Å². The summed E-state index contributed by atoms with van der Waals surface area (Å²) in [6, 6.07) is 15.1. The van der Waals surface area contributed by atoms with Crippen molar-refractivity contribution in [1.29, 1.82) is 0 Å². The van der Waals surface area contributed by atoms with E-state index in [9.17, 15) is 4.79 Å². The zero-order valence-corrected chi connectivity index (χ0v) is 15.5. The maximum absolute atomic E-state index is 12.4. The summed E-state index contributed by atoms with van der Waals surface area (Å²) in [6.45, 7) is 6.26. The van der Waals surface area contributed by atoms with Crippen LogP contribution in [0.25, 0.3) is 0 Å². The number of carbonyl (C=O) groups excluding carboxylic acids is 1. The van der Waals surface area contributed by atoms with Crippen molar-refractivity contribution >= 4 is 11.6 Å². The van der Waals surface area contributed by atoms with E-state index in [-0.39, 0.29) is 18.4 Å². The molecule has 0 fully saturated rings. The van der Waals surface area contributed by atoms with E-state index in [1.54, 1.807) is 0 Å². The molecule has 0 aromatic heterocycles. The number of hydrogen-bond donors (Lipinski definition) is 2. The summed E-state index contributed by atoms with van der Waals surface area (Å²) in [4.78, 5) is 12.4. The molecule has 5 nitrogen and oxygen atoms in total. The molecule has 2 aromatic rings. The van der Waals surface area contributed by atoms with Crippen LogP contribution < -0.4 is 11.1 Å². The minimum atomic E-state index is -0.318. The molecule has 0 heterocycles. The number of amides is 1. The molecular formula is C21H28N2O3. The Bertz CT molecular complexity index is 689. The molecule has 1 amide bonds. The molecule has 0 spiro atoms.